The Hall–Kier alpha value is -2.08. The molecule has 1 aromatic rings. The van der Waals surface area contributed by atoms with Crippen molar-refractivity contribution in [3.05, 3.63) is 35.9 Å². The maximum Gasteiger partial charge on any atom is 0.317 e. The van der Waals surface area contributed by atoms with Crippen LogP contribution in [0, 0.1) is 5.92 Å². The van der Waals surface area contributed by atoms with Crippen molar-refractivity contribution >= 4 is 12.0 Å². The molecule has 1 saturated carbocycles. The Labute approximate surface area is 154 Å². The highest BCUT2D eigenvalue weighted by Crippen LogP contribution is 2.28. The summed E-state index contributed by atoms with van der Waals surface area (Å²) < 4.78 is 0. The molecule has 1 aliphatic carbocycles. The Kier molecular flexibility index (Phi) is 6.14. The Bertz CT molecular complexity index is 613. The molecule has 142 valence electrons. The van der Waals surface area contributed by atoms with Crippen molar-refractivity contribution < 1.29 is 19.8 Å². The molecule has 2 amide bonds. The van der Waals surface area contributed by atoms with E-state index < -0.39 is 12.1 Å². The average Bonchev–Trinajstić information content (AvgIpc) is 3.11. The van der Waals surface area contributed by atoms with Crippen LogP contribution in [-0.2, 0) is 4.79 Å². The molecule has 6 heteroatoms. The van der Waals surface area contributed by atoms with Gasteiger partial charge in [0.2, 0.25) is 0 Å². The van der Waals surface area contributed by atoms with Gasteiger partial charge in [0.25, 0.3) is 0 Å². The van der Waals surface area contributed by atoms with Crippen LogP contribution in [0.5, 0.6) is 0 Å². The number of nitrogens with zero attached hydrogens (tertiary/aromatic N) is 1. The summed E-state index contributed by atoms with van der Waals surface area (Å²) in [5.74, 6) is -1.01. The molecule has 6 nitrogen and oxygen atoms in total. The van der Waals surface area contributed by atoms with Crippen molar-refractivity contribution in [2.24, 2.45) is 5.92 Å². The van der Waals surface area contributed by atoms with E-state index in [1.807, 2.05) is 35.2 Å². The Morgan fingerprint density at radius 1 is 1.12 bits per heavy atom. The second-order valence-corrected chi connectivity index (χ2v) is 7.49. The molecule has 0 bridgehead atoms. The molecule has 3 N–H and O–H groups in total. The van der Waals surface area contributed by atoms with Crippen molar-refractivity contribution in [3.8, 4) is 0 Å². The Balaban J connectivity index is 1.51. The van der Waals surface area contributed by atoms with Crippen LogP contribution < -0.4 is 5.32 Å². The minimum absolute atomic E-state index is 0.0422. The summed E-state index contributed by atoms with van der Waals surface area (Å²) in [5, 5.41) is 22.6. The van der Waals surface area contributed by atoms with E-state index >= 15 is 0 Å². The zero-order valence-corrected chi connectivity index (χ0v) is 15.0. The minimum atomic E-state index is -0.732. The van der Waals surface area contributed by atoms with Crippen LogP contribution in [0.1, 0.15) is 56.6 Å². The highest BCUT2D eigenvalue weighted by Gasteiger charge is 2.33. The SMILES string of the molecule is O=C(O)C1CCC(NC(=O)N2CCCC2CC(O)c2ccccc2)CC1. The van der Waals surface area contributed by atoms with Crippen LogP contribution in [-0.4, -0.2) is 45.7 Å². The highest BCUT2D eigenvalue weighted by molar-refractivity contribution is 5.75. The topological polar surface area (TPSA) is 89.9 Å². The average molecular weight is 360 g/mol. The molecular formula is C20H28N2O4. The largest absolute Gasteiger partial charge is 0.481 e. The lowest BCUT2D eigenvalue weighted by atomic mass is 9.86. The number of carbonyl (C=O) groups is 2. The van der Waals surface area contributed by atoms with Crippen molar-refractivity contribution in [1.82, 2.24) is 10.2 Å². The van der Waals surface area contributed by atoms with Gasteiger partial charge in [-0.15, -0.1) is 0 Å². The first-order valence-corrected chi connectivity index (χ1v) is 9.57. The van der Waals surface area contributed by atoms with Gasteiger partial charge in [-0.1, -0.05) is 30.3 Å². The molecule has 0 radical (unpaired) electrons. The number of benzene rings is 1. The van der Waals surface area contributed by atoms with Gasteiger partial charge in [0, 0.05) is 18.6 Å². The third-order valence-electron chi connectivity index (χ3n) is 5.72. The number of likely N-dealkylation sites (tertiary alicyclic amines) is 1. The number of urea groups is 1. The summed E-state index contributed by atoms with van der Waals surface area (Å²) in [4.78, 5) is 25.6. The molecule has 2 fully saturated rings. The van der Waals surface area contributed by atoms with Gasteiger partial charge in [0.15, 0.2) is 0 Å². The first kappa shape index (κ1) is 18.7. The first-order chi connectivity index (χ1) is 12.5. The van der Waals surface area contributed by atoms with Gasteiger partial charge in [0.1, 0.15) is 0 Å². The number of rotatable bonds is 5. The van der Waals surface area contributed by atoms with Crippen molar-refractivity contribution in [2.45, 2.75) is 63.1 Å². The third kappa shape index (κ3) is 4.55. The normalized spacial score (nSPS) is 27.1. The van der Waals surface area contributed by atoms with E-state index in [4.69, 9.17) is 5.11 Å². The van der Waals surface area contributed by atoms with Crippen molar-refractivity contribution in [2.75, 3.05) is 6.54 Å². The quantitative estimate of drug-likeness (QED) is 0.753. The molecule has 1 aliphatic heterocycles. The number of carboxylic acids is 1. The number of aliphatic carboxylic acids is 1. The molecule has 1 aromatic carbocycles. The van der Waals surface area contributed by atoms with Crippen molar-refractivity contribution in [3.63, 3.8) is 0 Å². The van der Waals surface area contributed by atoms with E-state index in [-0.39, 0.29) is 24.0 Å². The predicted octanol–water partition coefficient (Wildman–Crippen LogP) is 2.93. The molecule has 2 atom stereocenters. The molecular weight excluding hydrogens is 332 g/mol. The number of amides is 2. The number of hydrogen-bond acceptors (Lipinski definition) is 3. The van der Waals surface area contributed by atoms with Gasteiger partial charge in [0.05, 0.1) is 12.0 Å². The lowest BCUT2D eigenvalue weighted by Crippen LogP contribution is -2.48. The van der Waals surface area contributed by atoms with Gasteiger partial charge in [-0.25, -0.2) is 4.79 Å². The van der Waals surface area contributed by atoms with Crippen LogP contribution in [0.3, 0.4) is 0 Å². The van der Waals surface area contributed by atoms with E-state index in [1.54, 1.807) is 0 Å². The van der Waals surface area contributed by atoms with E-state index in [2.05, 4.69) is 5.32 Å². The monoisotopic (exact) mass is 360 g/mol. The fourth-order valence-corrected chi connectivity index (χ4v) is 4.16. The molecule has 0 spiro atoms. The molecule has 2 unspecified atom stereocenters. The lowest BCUT2D eigenvalue weighted by Gasteiger charge is -2.31. The summed E-state index contributed by atoms with van der Waals surface area (Å²) in [6.45, 7) is 0.711. The summed E-state index contributed by atoms with van der Waals surface area (Å²) in [7, 11) is 0. The van der Waals surface area contributed by atoms with E-state index in [0.29, 0.717) is 38.6 Å². The van der Waals surface area contributed by atoms with Gasteiger partial charge in [-0.05, 0) is 50.5 Å². The zero-order valence-electron chi connectivity index (χ0n) is 15.0. The van der Waals surface area contributed by atoms with Gasteiger partial charge < -0.3 is 20.4 Å². The summed E-state index contributed by atoms with van der Waals surface area (Å²) in [5.41, 5.74) is 0.881. The maximum atomic E-state index is 12.7. The van der Waals surface area contributed by atoms with Crippen LogP contribution in [0.15, 0.2) is 30.3 Å². The standard InChI is InChI=1S/C20H28N2O4/c23-18(14-5-2-1-3-6-14)13-17-7-4-12-22(17)20(26)21-16-10-8-15(9-11-16)19(24)25/h1-3,5-6,15-18,23H,4,7-13H2,(H,21,26)(H,24,25). The molecule has 2 aliphatic rings. The molecule has 1 heterocycles. The number of hydrogen-bond donors (Lipinski definition) is 3. The summed E-state index contributed by atoms with van der Waals surface area (Å²) in [6, 6.07) is 9.57. The molecule has 26 heavy (non-hydrogen) atoms. The van der Waals surface area contributed by atoms with Crippen LogP contribution in [0.25, 0.3) is 0 Å². The fraction of sp³-hybridized carbons (Fsp3) is 0.600. The number of carbonyl (C=O) groups excluding carboxylic acids is 1. The Morgan fingerprint density at radius 2 is 1.81 bits per heavy atom. The predicted molar refractivity (Wildman–Crippen MR) is 97.7 cm³/mol. The van der Waals surface area contributed by atoms with Crippen LogP contribution in [0.4, 0.5) is 4.79 Å². The smallest absolute Gasteiger partial charge is 0.317 e. The van der Waals surface area contributed by atoms with Gasteiger partial charge in [-0.2, -0.15) is 0 Å². The van der Waals surface area contributed by atoms with E-state index in [0.717, 1.165) is 18.4 Å². The summed E-state index contributed by atoms with van der Waals surface area (Å²) >= 11 is 0. The maximum absolute atomic E-state index is 12.7. The Morgan fingerprint density at radius 3 is 2.46 bits per heavy atom. The third-order valence-corrected chi connectivity index (χ3v) is 5.72. The summed E-state index contributed by atoms with van der Waals surface area (Å²) in [6.07, 6.45) is 4.51. The van der Waals surface area contributed by atoms with Gasteiger partial charge >= 0.3 is 12.0 Å². The molecule has 1 saturated heterocycles. The van der Waals surface area contributed by atoms with E-state index in [1.165, 1.54) is 0 Å². The van der Waals surface area contributed by atoms with Crippen molar-refractivity contribution in [1.29, 1.82) is 0 Å². The van der Waals surface area contributed by atoms with E-state index in [9.17, 15) is 14.7 Å². The number of aliphatic hydroxyl groups excluding tert-OH is 1. The zero-order chi connectivity index (χ0) is 18.5. The second kappa shape index (κ2) is 8.54. The molecule has 0 aromatic heterocycles. The van der Waals surface area contributed by atoms with Crippen LogP contribution >= 0.6 is 0 Å². The fourth-order valence-electron chi connectivity index (χ4n) is 4.16. The van der Waals surface area contributed by atoms with Crippen LogP contribution in [0.2, 0.25) is 0 Å². The minimum Gasteiger partial charge on any atom is -0.481 e. The number of carboxylic acid groups (broad SMARTS) is 1. The van der Waals surface area contributed by atoms with Gasteiger partial charge in [-0.3, -0.25) is 4.79 Å². The first-order valence-electron chi connectivity index (χ1n) is 9.57. The lowest BCUT2D eigenvalue weighted by molar-refractivity contribution is -0.142. The number of nitrogens with one attached hydrogen (secondary N) is 1. The molecule has 3 rings (SSSR count). The highest BCUT2D eigenvalue weighted by atomic mass is 16.4. The number of aliphatic hydroxyl groups is 1. The second-order valence-electron chi connectivity index (χ2n) is 7.49.